The minimum atomic E-state index is -4.85. The quantitative estimate of drug-likeness (QED) is 0.631. The standard InChI is InChI=1S/C16H12F4N4O2S/c1-9-3-5-12(17)11(7-9)14-22-15(16(18,19)20)23-24(14)10-4-6-13(21-8-10)27(2,25)26/h3-8H,1-2H3. The van der Waals surface area contributed by atoms with Crippen molar-refractivity contribution in [1.29, 1.82) is 0 Å². The molecule has 0 spiro atoms. The summed E-state index contributed by atoms with van der Waals surface area (Å²) in [4.78, 5) is 7.16. The second-order valence-corrected chi connectivity index (χ2v) is 7.74. The number of alkyl halides is 3. The Bertz CT molecular complexity index is 1110. The van der Waals surface area contributed by atoms with Crippen LogP contribution < -0.4 is 0 Å². The minimum absolute atomic E-state index is 0.00121. The Hall–Kier alpha value is -2.82. The van der Waals surface area contributed by atoms with Crippen LogP contribution in [0.25, 0.3) is 17.1 Å². The van der Waals surface area contributed by atoms with Crippen LogP contribution in [-0.2, 0) is 16.0 Å². The fourth-order valence-corrected chi connectivity index (χ4v) is 2.87. The Morgan fingerprint density at radius 1 is 1.11 bits per heavy atom. The van der Waals surface area contributed by atoms with E-state index >= 15 is 0 Å². The maximum atomic E-state index is 14.2. The van der Waals surface area contributed by atoms with Gasteiger partial charge in [0.25, 0.3) is 5.82 Å². The van der Waals surface area contributed by atoms with E-state index in [9.17, 15) is 26.0 Å². The molecule has 0 unspecified atom stereocenters. The first kappa shape index (κ1) is 19.0. The molecule has 0 aliphatic heterocycles. The Labute approximate surface area is 151 Å². The zero-order valence-electron chi connectivity index (χ0n) is 14.0. The third-order valence-corrected chi connectivity index (χ3v) is 4.57. The zero-order chi connectivity index (χ0) is 20.0. The van der Waals surface area contributed by atoms with Gasteiger partial charge in [0, 0.05) is 6.26 Å². The lowest BCUT2D eigenvalue weighted by Crippen LogP contribution is -2.09. The maximum absolute atomic E-state index is 14.2. The lowest BCUT2D eigenvalue weighted by molar-refractivity contribution is -0.144. The summed E-state index contributed by atoms with van der Waals surface area (Å²) in [6, 6.07) is 6.26. The molecule has 2 heterocycles. The lowest BCUT2D eigenvalue weighted by Gasteiger charge is -2.08. The van der Waals surface area contributed by atoms with Gasteiger partial charge in [-0.3, -0.25) is 0 Å². The van der Waals surface area contributed by atoms with Crippen molar-refractivity contribution in [2.75, 3.05) is 6.26 Å². The molecular formula is C16H12F4N4O2S. The summed E-state index contributed by atoms with van der Waals surface area (Å²) in [6.45, 7) is 1.65. The molecule has 6 nitrogen and oxygen atoms in total. The van der Waals surface area contributed by atoms with Gasteiger partial charge in [0.1, 0.15) is 5.82 Å². The fraction of sp³-hybridized carbons (Fsp3) is 0.188. The van der Waals surface area contributed by atoms with Crippen LogP contribution >= 0.6 is 0 Å². The van der Waals surface area contributed by atoms with Crippen LogP contribution in [-0.4, -0.2) is 34.4 Å². The van der Waals surface area contributed by atoms with E-state index in [1.165, 1.54) is 18.2 Å². The molecule has 0 amide bonds. The summed E-state index contributed by atoms with van der Waals surface area (Å²) in [5, 5.41) is 3.16. The number of aryl methyl sites for hydroxylation is 1. The summed E-state index contributed by atoms with van der Waals surface area (Å²) in [7, 11) is -3.59. The summed E-state index contributed by atoms with van der Waals surface area (Å²) in [5.41, 5.74) is 0.437. The fourth-order valence-electron chi connectivity index (χ4n) is 2.31. The molecule has 142 valence electrons. The smallest absolute Gasteiger partial charge is 0.242 e. The molecule has 0 saturated carbocycles. The highest BCUT2D eigenvalue weighted by molar-refractivity contribution is 7.90. The average Bonchev–Trinajstić information content (AvgIpc) is 3.02. The Morgan fingerprint density at radius 2 is 1.81 bits per heavy atom. The molecule has 0 aliphatic carbocycles. The average molecular weight is 400 g/mol. The Morgan fingerprint density at radius 3 is 2.37 bits per heavy atom. The van der Waals surface area contributed by atoms with Crippen LogP contribution in [0.3, 0.4) is 0 Å². The van der Waals surface area contributed by atoms with Gasteiger partial charge in [0.15, 0.2) is 20.7 Å². The zero-order valence-corrected chi connectivity index (χ0v) is 14.8. The number of rotatable bonds is 3. The first-order valence-electron chi connectivity index (χ1n) is 7.44. The van der Waals surface area contributed by atoms with Gasteiger partial charge in [-0.1, -0.05) is 11.6 Å². The number of pyridine rings is 1. The Kier molecular flexibility index (Phi) is 4.50. The molecule has 3 rings (SSSR count). The summed E-state index contributed by atoms with van der Waals surface area (Å²) >= 11 is 0. The lowest BCUT2D eigenvalue weighted by atomic mass is 10.1. The molecule has 0 saturated heterocycles. The molecule has 27 heavy (non-hydrogen) atoms. The van der Waals surface area contributed by atoms with Crippen LogP contribution in [0.4, 0.5) is 17.6 Å². The van der Waals surface area contributed by atoms with Gasteiger partial charge in [0.2, 0.25) is 0 Å². The van der Waals surface area contributed by atoms with E-state index in [1.54, 1.807) is 6.92 Å². The van der Waals surface area contributed by atoms with E-state index in [4.69, 9.17) is 0 Å². The van der Waals surface area contributed by atoms with Crippen molar-refractivity contribution in [3.63, 3.8) is 0 Å². The normalized spacial score (nSPS) is 12.4. The summed E-state index contributed by atoms with van der Waals surface area (Å²) in [5.74, 6) is -2.60. The van der Waals surface area contributed by atoms with E-state index in [2.05, 4.69) is 15.1 Å². The molecule has 0 aliphatic rings. The van der Waals surface area contributed by atoms with Crippen molar-refractivity contribution >= 4 is 9.84 Å². The number of benzene rings is 1. The predicted molar refractivity (Wildman–Crippen MR) is 87.4 cm³/mol. The van der Waals surface area contributed by atoms with Gasteiger partial charge in [-0.2, -0.15) is 13.2 Å². The van der Waals surface area contributed by atoms with E-state index < -0.39 is 27.7 Å². The molecule has 0 bridgehead atoms. The second kappa shape index (κ2) is 6.41. The molecule has 0 N–H and O–H groups in total. The number of hydrogen-bond donors (Lipinski definition) is 0. The van der Waals surface area contributed by atoms with E-state index in [-0.39, 0.29) is 22.1 Å². The van der Waals surface area contributed by atoms with E-state index in [1.807, 2.05) is 0 Å². The van der Waals surface area contributed by atoms with Crippen LogP contribution in [0.5, 0.6) is 0 Å². The highest BCUT2D eigenvalue weighted by Crippen LogP contribution is 2.31. The molecule has 3 aromatic rings. The topological polar surface area (TPSA) is 77.7 Å². The number of sulfone groups is 1. The van der Waals surface area contributed by atoms with Crippen molar-refractivity contribution in [3.05, 3.63) is 53.7 Å². The third-order valence-electron chi connectivity index (χ3n) is 3.57. The highest BCUT2D eigenvalue weighted by atomic mass is 32.2. The van der Waals surface area contributed by atoms with Crippen molar-refractivity contribution in [3.8, 4) is 17.1 Å². The summed E-state index contributed by atoms with van der Waals surface area (Å²) < 4.78 is 77.2. The third kappa shape index (κ3) is 3.82. The largest absolute Gasteiger partial charge is 0.453 e. The van der Waals surface area contributed by atoms with E-state index in [0.717, 1.165) is 29.3 Å². The molecule has 0 atom stereocenters. The van der Waals surface area contributed by atoms with Gasteiger partial charge in [-0.05, 0) is 31.2 Å². The van der Waals surface area contributed by atoms with Crippen molar-refractivity contribution in [2.45, 2.75) is 18.1 Å². The molecule has 1 aromatic carbocycles. The first-order valence-corrected chi connectivity index (χ1v) is 9.33. The Balaban J connectivity index is 2.23. The molecule has 0 radical (unpaired) electrons. The highest BCUT2D eigenvalue weighted by Gasteiger charge is 2.38. The van der Waals surface area contributed by atoms with Crippen molar-refractivity contribution in [2.24, 2.45) is 0 Å². The first-order chi connectivity index (χ1) is 12.5. The van der Waals surface area contributed by atoms with Gasteiger partial charge in [-0.15, -0.1) is 5.10 Å². The van der Waals surface area contributed by atoms with Crippen LogP contribution in [0.2, 0.25) is 0 Å². The van der Waals surface area contributed by atoms with Gasteiger partial charge >= 0.3 is 6.18 Å². The van der Waals surface area contributed by atoms with E-state index in [0.29, 0.717) is 5.56 Å². The van der Waals surface area contributed by atoms with Crippen LogP contribution in [0, 0.1) is 12.7 Å². The maximum Gasteiger partial charge on any atom is 0.453 e. The van der Waals surface area contributed by atoms with Crippen LogP contribution in [0.15, 0.2) is 41.6 Å². The second-order valence-electron chi connectivity index (χ2n) is 5.78. The molecule has 2 aromatic heterocycles. The number of halogens is 4. The van der Waals surface area contributed by atoms with Gasteiger partial charge in [-0.25, -0.2) is 27.5 Å². The number of hydrogen-bond acceptors (Lipinski definition) is 5. The predicted octanol–water partition coefficient (Wildman–Crippen LogP) is 3.20. The monoisotopic (exact) mass is 400 g/mol. The SMILES string of the molecule is Cc1ccc(F)c(-c2nc(C(F)(F)F)nn2-c2ccc(S(C)(=O)=O)nc2)c1. The number of aromatic nitrogens is 4. The van der Waals surface area contributed by atoms with Gasteiger partial charge in [0.05, 0.1) is 17.4 Å². The van der Waals surface area contributed by atoms with Gasteiger partial charge < -0.3 is 0 Å². The summed E-state index contributed by atoms with van der Waals surface area (Å²) in [6.07, 6.45) is -2.87. The minimum Gasteiger partial charge on any atom is -0.242 e. The molecular weight excluding hydrogens is 388 g/mol. The molecule has 0 fully saturated rings. The van der Waals surface area contributed by atoms with Crippen molar-refractivity contribution < 1.29 is 26.0 Å². The van der Waals surface area contributed by atoms with Crippen molar-refractivity contribution in [1.82, 2.24) is 19.7 Å². The molecule has 11 heteroatoms. The van der Waals surface area contributed by atoms with Crippen LogP contribution in [0.1, 0.15) is 11.4 Å². The number of nitrogens with zero attached hydrogens (tertiary/aromatic N) is 4.